The summed E-state index contributed by atoms with van der Waals surface area (Å²) in [4.78, 5) is 7.09. The number of aromatic nitrogens is 2. The molecule has 2 aromatic rings. The van der Waals surface area contributed by atoms with Crippen LogP contribution in [0.5, 0.6) is 11.6 Å². The van der Waals surface area contributed by atoms with E-state index in [1.165, 1.54) is 0 Å². The molecule has 1 aromatic heterocycles. The van der Waals surface area contributed by atoms with Crippen LogP contribution in [0.4, 0.5) is 4.39 Å². The highest BCUT2D eigenvalue weighted by Crippen LogP contribution is 2.28. The number of aryl methyl sites for hydroxylation is 1. The summed E-state index contributed by atoms with van der Waals surface area (Å²) in [5.74, 6) is -0.0862. The van der Waals surface area contributed by atoms with E-state index in [4.69, 9.17) is 16.3 Å². The molecule has 0 amide bonds. The van der Waals surface area contributed by atoms with Crippen molar-refractivity contribution in [2.75, 3.05) is 0 Å². The lowest BCUT2D eigenvalue weighted by atomic mass is 10.2. The molecule has 0 saturated heterocycles. The van der Waals surface area contributed by atoms with E-state index >= 15 is 0 Å². The normalized spacial score (nSPS) is 10.2. The zero-order valence-corrected chi connectivity index (χ0v) is 9.20. The standard InChI is InChI=1S/C11H8ClFN2O/c1-7-2-3-9(8(12)4-7)16-11-5-10(13)14-6-15-11/h2-6H,1H3. The molecule has 1 heterocycles. The van der Waals surface area contributed by atoms with E-state index in [0.717, 1.165) is 18.0 Å². The highest BCUT2D eigenvalue weighted by Gasteiger charge is 2.05. The van der Waals surface area contributed by atoms with Crippen molar-refractivity contribution < 1.29 is 9.13 Å². The Labute approximate surface area is 96.9 Å². The molecule has 0 spiro atoms. The minimum Gasteiger partial charge on any atom is -0.437 e. The van der Waals surface area contributed by atoms with Gasteiger partial charge < -0.3 is 4.74 Å². The van der Waals surface area contributed by atoms with Gasteiger partial charge in [0.25, 0.3) is 0 Å². The SMILES string of the molecule is Cc1ccc(Oc2cc(F)ncn2)c(Cl)c1. The van der Waals surface area contributed by atoms with Crippen molar-refractivity contribution in [2.45, 2.75) is 6.92 Å². The van der Waals surface area contributed by atoms with Gasteiger partial charge in [0, 0.05) is 0 Å². The number of benzene rings is 1. The first kappa shape index (κ1) is 10.8. The van der Waals surface area contributed by atoms with Crippen LogP contribution in [0, 0.1) is 12.9 Å². The Kier molecular flexibility index (Phi) is 3.01. The van der Waals surface area contributed by atoms with E-state index in [-0.39, 0.29) is 5.88 Å². The molecule has 2 rings (SSSR count). The molecule has 0 fully saturated rings. The van der Waals surface area contributed by atoms with Crippen molar-refractivity contribution in [3.63, 3.8) is 0 Å². The lowest BCUT2D eigenvalue weighted by Gasteiger charge is -2.06. The van der Waals surface area contributed by atoms with Gasteiger partial charge in [0.1, 0.15) is 12.1 Å². The summed E-state index contributed by atoms with van der Waals surface area (Å²) in [6, 6.07) is 6.40. The predicted octanol–water partition coefficient (Wildman–Crippen LogP) is 3.37. The molecular weight excluding hydrogens is 231 g/mol. The molecular formula is C11H8ClFN2O. The van der Waals surface area contributed by atoms with E-state index < -0.39 is 5.95 Å². The number of ether oxygens (including phenoxy) is 1. The molecule has 0 atom stereocenters. The summed E-state index contributed by atoms with van der Waals surface area (Å²) in [6.45, 7) is 1.92. The predicted molar refractivity (Wildman–Crippen MR) is 58.3 cm³/mol. The highest BCUT2D eigenvalue weighted by molar-refractivity contribution is 6.32. The van der Waals surface area contributed by atoms with Gasteiger partial charge in [0.15, 0.2) is 0 Å². The Bertz CT molecular complexity index is 519. The van der Waals surface area contributed by atoms with E-state index in [1.807, 2.05) is 13.0 Å². The zero-order chi connectivity index (χ0) is 11.5. The molecule has 0 aliphatic heterocycles. The number of nitrogens with zero attached hydrogens (tertiary/aromatic N) is 2. The molecule has 5 heteroatoms. The van der Waals surface area contributed by atoms with Crippen molar-refractivity contribution in [3.8, 4) is 11.6 Å². The topological polar surface area (TPSA) is 35.0 Å². The lowest BCUT2D eigenvalue weighted by molar-refractivity contribution is 0.450. The van der Waals surface area contributed by atoms with E-state index in [0.29, 0.717) is 10.8 Å². The van der Waals surface area contributed by atoms with Crippen LogP contribution < -0.4 is 4.74 Å². The number of halogens is 2. The third kappa shape index (κ3) is 2.46. The maximum absolute atomic E-state index is 12.8. The first-order chi connectivity index (χ1) is 7.65. The minimum atomic E-state index is -0.645. The third-order valence-corrected chi connectivity index (χ3v) is 2.21. The smallest absolute Gasteiger partial charge is 0.225 e. The Hall–Kier alpha value is -1.68. The van der Waals surface area contributed by atoms with Crippen LogP contribution in [-0.4, -0.2) is 9.97 Å². The van der Waals surface area contributed by atoms with Gasteiger partial charge in [-0.2, -0.15) is 4.39 Å². The second-order valence-electron chi connectivity index (χ2n) is 3.21. The quantitative estimate of drug-likeness (QED) is 0.753. The fourth-order valence-corrected chi connectivity index (χ4v) is 1.45. The molecule has 16 heavy (non-hydrogen) atoms. The summed E-state index contributed by atoms with van der Waals surface area (Å²) in [6.07, 6.45) is 1.09. The van der Waals surface area contributed by atoms with Crippen molar-refractivity contribution >= 4 is 11.6 Å². The maximum Gasteiger partial charge on any atom is 0.225 e. The average molecular weight is 239 g/mol. The van der Waals surface area contributed by atoms with Gasteiger partial charge in [-0.25, -0.2) is 9.97 Å². The van der Waals surface area contributed by atoms with Gasteiger partial charge >= 0.3 is 0 Å². The molecule has 0 radical (unpaired) electrons. The third-order valence-electron chi connectivity index (χ3n) is 1.91. The Morgan fingerprint density at radius 2 is 2.06 bits per heavy atom. The summed E-state index contributed by atoms with van der Waals surface area (Å²) in [5.41, 5.74) is 1.02. The van der Waals surface area contributed by atoms with Crippen molar-refractivity contribution in [2.24, 2.45) is 0 Å². The molecule has 0 unspecified atom stereocenters. The van der Waals surface area contributed by atoms with Crippen LogP contribution in [0.1, 0.15) is 5.56 Å². The molecule has 0 aliphatic rings. The van der Waals surface area contributed by atoms with Crippen LogP contribution in [0.25, 0.3) is 0 Å². The van der Waals surface area contributed by atoms with E-state index in [1.54, 1.807) is 12.1 Å². The van der Waals surface area contributed by atoms with E-state index in [2.05, 4.69) is 9.97 Å². The summed E-state index contributed by atoms with van der Waals surface area (Å²) < 4.78 is 18.1. The first-order valence-corrected chi connectivity index (χ1v) is 4.94. The summed E-state index contributed by atoms with van der Waals surface area (Å²) in [5, 5.41) is 0.457. The zero-order valence-electron chi connectivity index (χ0n) is 8.45. The second kappa shape index (κ2) is 4.45. The highest BCUT2D eigenvalue weighted by atomic mass is 35.5. The van der Waals surface area contributed by atoms with Crippen molar-refractivity contribution in [1.82, 2.24) is 9.97 Å². The fraction of sp³-hybridized carbons (Fsp3) is 0.0909. The Morgan fingerprint density at radius 3 is 2.75 bits per heavy atom. The van der Waals surface area contributed by atoms with Crippen LogP contribution in [0.2, 0.25) is 5.02 Å². The maximum atomic E-state index is 12.8. The first-order valence-electron chi connectivity index (χ1n) is 4.57. The van der Waals surface area contributed by atoms with Gasteiger partial charge in [-0.3, -0.25) is 0 Å². The van der Waals surface area contributed by atoms with Crippen LogP contribution in [-0.2, 0) is 0 Å². The number of hydrogen-bond donors (Lipinski definition) is 0. The fourth-order valence-electron chi connectivity index (χ4n) is 1.17. The molecule has 0 N–H and O–H groups in total. The van der Waals surface area contributed by atoms with Crippen molar-refractivity contribution in [3.05, 3.63) is 47.1 Å². The monoisotopic (exact) mass is 238 g/mol. The lowest BCUT2D eigenvalue weighted by Crippen LogP contribution is -1.91. The van der Waals surface area contributed by atoms with Gasteiger partial charge in [-0.1, -0.05) is 17.7 Å². The van der Waals surface area contributed by atoms with Gasteiger partial charge in [0.05, 0.1) is 11.1 Å². The molecule has 82 valence electrons. The Balaban J connectivity index is 2.27. The minimum absolute atomic E-state index is 0.123. The molecule has 0 aliphatic carbocycles. The van der Waals surface area contributed by atoms with Gasteiger partial charge in [-0.15, -0.1) is 0 Å². The van der Waals surface area contributed by atoms with Gasteiger partial charge in [0.2, 0.25) is 11.8 Å². The Morgan fingerprint density at radius 1 is 1.25 bits per heavy atom. The van der Waals surface area contributed by atoms with Crippen LogP contribution >= 0.6 is 11.6 Å². The van der Waals surface area contributed by atoms with Crippen LogP contribution in [0.15, 0.2) is 30.6 Å². The second-order valence-corrected chi connectivity index (χ2v) is 3.62. The number of rotatable bonds is 2. The molecule has 0 saturated carbocycles. The number of hydrogen-bond acceptors (Lipinski definition) is 3. The average Bonchev–Trinajstić information content (AvgIpc) is 2.22. The van der Waals surface area contributed by atoms with Crippen LogP contribution in [0.3, 0.4) is 0 Å². The molecule has 1 aromatic carbocycles. The summed E-state index contributed by atoms with van der Waals surface area (Å²) >= 11 is 5.96. The van der Waals surface area contributed by atoms with E-state index in [9.17, 15) is 4.39 Å². The summed E-state index contributed by atoms with van der Waals surface area (Å²) in [7, 11) is 0. The van der Waals surface area contributed by atoms with Crippen molar-refractivity contribution in [1.29, 1.82) is 0 Å². The molecule has 0 bridgehead atoms. The van der Waals surface area contributed by atoms with Gasteiger partial charge in [-0.05, 0) is 24.6 Å². The molecule has 3 nitrogen and oxygen atoms in total. The largest absolute Gasteiger partial charge is 0.437 e.